The fourth-order valence-electron chi connectivity index (χ4n) is 2.60. The van der Waals surface area contributed by atoms with Crippen LogP contribution < -0.4 is 5.32 Å². The van der Waals surface area contributed by atoms with Gasteiger partial charge in [-0.15, -0.1) is 11.8 Å². The quantitative estimate of drug-likeness (QED) is 0.210. The van der Waals surface area contributed by atoms with Crippen molar-refractivity contribution < 1.29 is 43.4 Å². The van der Waals surface area contributed by atoms with E-state index in [0.717, 1.165) is 26.4 Å². The Balaban J connectivity index is 2.33. The standard InChI is InChI=1S/C15H30NO9PS/c1-10(18)16-12-14(20)13(19)11(9-17)25-15(12)27-8-6-4-3-5-7-24-26(21,22)23-2/h11-15,17,19-20H,3-9H2,1-2H3,(H,16,18)(H,21,22). The Labute approximate surface area is 163 Å². The molecule has 27 heavy (non-hydrogen) atoms. The molecule has 0 spiro atoms. The molecule has 1 amide bonds. The van der Waals surface area contributed by atoms with Gasteiger partial charge in [0.1, 0.15) is 23.7 Å². The number of unbranched alkanes of at least 4 members (excludes halogenated alkanes) is 3. The van der Waals surface area contributed by atoms with Gasteiger partial charge in [-0.2, -0.15) is 0 Å². The van der Waals surface area contributed by atoms with Gasteiger partial charge in [-0.05, 0) is 18.6 Å². The van der Waals surface area contributed by atoms with E-state index in [0.29, 0.717) is 12.2 Å². The average Bonchev–Trinajstić information content (AvgIpc) is 2.62. The highest BCUT2D eigenvalue weighted by atomic mass is 32.2. The van der Waals surface area contributed by atoms with Gasteiger partial charge in [0.15, 0.2) is 0 Å². The van der Waals surface area contributed by atoms with Crippen molar-refractivity contribution in [1.29, 1.82) is 0 Å². The maximum absolute atomic E-state index is 11.4. The van der Waals surface area contributed by atoms with Crippen LogP contribution in [-0.2, 0) is 23.1 Å². The molecule has 6 atom stereocenters. The largest absolute Gasteiger partial charge is 0.471 e. The van der Waals surface area contributed by atoms with E-state index in [1.165, 1.54) is 18.7 Å². The van der Waals surface area contributed by atoms with Crippen LogP contribution in [0.25, 0.3) is 0 Å². The Bertz CT molecular complexity index is 498. The molecule has 0 radical (unpaired) electrons. The van der Waals surface area contributed by atoms with E-state index in [1.807, 2.05) is 0 Å². The molecule has 1 aliphatic rings. The van der Waals surface area contributed by atoms with Crippen LogP contribution in [0.2, 0.25) is 0 Å². The van der Waals surface area contributed by atoms with Crippen LogP contribution in [-0.4, -0.2) is 82.0 Å². The van der Waals surface area contributed by atoms with Crippen molar-refractivity contribution in [3.8, 4) is 0 Å². The molecule has 12 heteroatoms. The van der Waals surface area contributed by atoms with Gasteiger partial charge < -0.3 is 30.3 Å². The molecule has 160 valence electrons. The highest BCUT2D eigenvalue weighted by Crippen LogP contribution is 2.41. The van der Waals surface area contributed by atoms with Crippen LogP contribution in [0.3, 0.4) is 0 Å². The number of phosphoric ester groups is 1. The normalized spacial score (nSPS) is 30.7. The lowest BCUT2D eigenvalue weighted by Gasteiger charge is -2.42. The average molecular weight is 431 g/mol. The van der Waals surface area contributed by atoms with Gasteiger partial charge in [-0.3, -0.25) is 13.8 Å². The minimum absolute atomic E-state index is 0.132. The summed E-state index contributed by atoms with van der Waals surface area (Å²) in [4.78, 5) is 20.4. The number of phosphoric acid groups is 1. The number of hydrogen-bond acceptors (Lipinski definition) is 9. The molecule has 0 aromatic rings. The molecule has 0 aliphatic carbocycles. The van der Waals surface area contributed by atoms with Crippen molar-refractivity contribution in [2.45, 2.75) is 62.4 Å². The molecular weight excluding hydrogens is 401 g/mol. The molecule has 1 heterocycles. The summed E-state index contributed by atoms with van der Waals surface area (Å²) in [6, 6.07) is -0.772. The molecule has 6 unspecified atom stereocenters. The van der Waals surface area contributed by atoms with E-state index in [2.05, 4.69) is 9.84 Å². The van der Waals surface area contributed by atoms with Crippen molar-refractivity contribution in [2.24, 2.45) is 0 Å². The van der Waals surface area contributed by atoms with Gasteiger partial charge in [0.05, 0.1) is 19.3 Å². The number of amides is 1. The van der Waals surface area contributed by atoms with Crippen molar-refractivity contribution >= 4 is 25.5 Å². The van der Waals surface area contributed by atoms with Gasteiger partial charge in [0.25, 0.3) is 0 Å². The maximum Gasteiger partial charge on any atom is 0.471 e. The summed E-state index contributed by atoms with van der Waals surface area (Å²) in [5, 5.41) is 32.0. The SMILES string of the molecule is COP(=O)(O)OCCCCCCSC1OC(CO)C(O)C(O)C1NC(C)=O. The van der Waals surface area contributed by atoms with E-state index in [-0.39, 0.29) is 12.5 Å². The molecule has 0 aromatic carbocycles. The van der Waals surface area contributed by atoms with E-state index >= 15 is 0 Å². The Hall–Kier alpha value is -0.230. The van der Waals surface area contributed by atoms with Gasteiger partial charge >= 0.3 is 7.82 Å². The lowest BCUT2D eigenvalue weighted by atomic mass is 9.98. The fourth-order valence-corrected chi connectivity index (χ4v) is 4.33. The molecule has 5 N–H and O–H groups in total. The Morgan fingerprint density at radius 1 is 1.22 bits per heavy atom. The molecule has 1 fully saturated rings. The number of rotatable bonds is 12. The Kier molecular flexibility index (Phi) is 11.4. The number of carbonyl (C=O) groups excluding carboxylic acids is 1. The summed E-state index contributed by atoms with van der Waals surface area (Å²) in [5.41, 5.74) is -0.588. The van der Waals surface area contributed by atoms with Crippen LogP contribution in [0.15, 0.2) is 0 Å². The summed E-state index contributed by atoms with van der Waals surface area (Å²) in [6.45, 7) is 1.02. The summed E-state index contributed by atoms with van der Waals surface area (Å²) in [5.74, 6) is 0.333. The molecule has 0 saturated carbocycles. The zero-order valence-corrected chi connectivity index (χ0v) is 17.2. The van der Waals surface area contributed by atoms with E-state index in [9.17, 15) is 24.7 Å². The Morgan fingerprint density at radius 2 is 1.89 bits per heavy atom. The summed E-state index contributed by atoms with van der Waals surface area (Å²) in [6.07, 6.45) is -0.334. The number of aliphatic hydroxyl groups excluding tert-OH is 3. The molecular formula is C15H30NO9PS. The second kappa shape index (κ2) is 12.4. The van der Waals surface area contributed by atoms with Gasteiger partial charge in [0.2, 0.25) is 5.91 Å². The smallest absolute Gasteiger partial charge is 0.394 e. The first kappa shape index (κ1) is 24.8. The van der Waals surface area contributed by atoms with Crippen molar-refractivity contribution in [3.63, 3.8) is 0 Å². The third-order valence-electron chi connectivity index (χ3n) is 4.06. The summed E-state index contributed by atoms with van der Waals surface area (Å²) in [7, 11) is -2.80. The monoisotopic (exact) mass is 431 g/mol. The second-order valence-corrected chi connectivity index (χ2v) is 8.97. The number of hydrogen-bond donors (Lipinski definition) is 5. The maximum atomic E-state index is 11.4. The van der Waals surface area contributed by atoms with Crippen molar-refractivity contribution in [2.75, 3.05) is 26.1 Å². The van der Waals surface area contributed by atoms with Crippen LogP contribution in [0.1, 0.15) is 32.6 Å². The first-order chi connectivity index (χ1) is 12.7. The van der Waals surface area contributed by atoms with Gasteiger partial charge in [-0.25, -0.2) is 4.57 Å². The van der Waals surface area contributed by atoms with Crippen LogP contribution in [0.5, 0.6) is 0 Å². The minimum Gasteiger partial charge on any atom is -0.394 e. The molecule has 1 rings (SSSR count). The predicted octanol–water partition coefficient (Wildman–Crippen LogP) is -0.0129. The minimum atomic E-state index is -3.91. The van der Waals surface area contributed by atoms with Crippen molar-refractivity contribution in [3.05, 3.63) is 0 Å². The Morgan fingerprint density at radius 3 is 2.48 bits per heavy atom. The number of nitrogens with one attached hydrogen (secondary N) is 1. The number of carbonyl (C=O) groups is 1. The highest BCUT2D eigenvalue weighted by Gasteiger charge is 2.44. The van der Waals surface area contributed by atoms with Crippen LogP contribution in [0, 0.1) is 0 Å². The highest BCUT2D eigenvalue weighted by molar-refractivity contribution is 7.99. The first-order valence-electron chi connectivity index (χ1n) is 8.76. The van der Waals surface area contributed by atoms with Gasteiger partial charge in [0, 0.05) is 14.0 Å². The first-order valence-corrected chi connectivity index (χ1v) is 11.3. The predicted molar refractivity (Wildman–Crippen MR) is 99.1 cm³/mol. The van der Waals surface area contributed by atoms with Crippen molar-refractivity contribution in [1.82, 2.24) is 5.32 Å². The van der Waals surface area contributed by atoms with E-state index in [4.69, 9.17) is 14.2 Å². The van der Waals surface area contributed by atoms with Crippen LogP contribution >= 0.6 is 19.6 Å². The molecule has 1 aliphatic heterocycles. The lowest BCUT2D eigenvalue weighted by Crippen LogP contribution is -2.63. The second-order valence-electron chi connectivity index (χ2n) is 6.20. The summed E-state index contributed by atoms with van der Waals surface area (Å²) < 4.78 is 25.8. The third-order valence-corrected chi connectivity index (χ3v) is 6.28. The lowest BCUT2D eigenvalue weighted by molar-refractivity contribution is -0.173. The van der Waals surface area contributed by atoms with Gasteiger partial charge in [-0.1, -0.05) is 12.8 Å². The number of thioether (sulfide) groups is 1. The van der Waals surface area contributed by atoms with E-state index < -0.39 is 44.2 Å². The van der Waals surface area contributed by atoms with Crippen LogP contribution in [0.4, 0.5) is 0 Å². The topological polar surface area (TPSA) is 155 Å². The summed E-state index contributed by atoms with van der Waals surface area (Å²) >= 11 is 1.39. The molecule has 1 saturated heterocycles. The number of ether oxygens (including phenoxy) is 1. The molecule has 0 aromatic heterocycles. The fraction of sp³-hybridized carbons (Fsp3) is 0.933. The third kappa shape index (κ3) is 8.76. The number of aliphatic hydroxyl groups is 3. The molecule has 0 bridgehead atoms. The zero-order chi connectivity index (χ0) is 20.4. The molecule has 10 nitrogen and oxygen atoms in total. The zero-order valence-electron chi connectivity index (χ0n) is 15.5. The van der Waals surface area contributed by atoms with E-state index in [1.54, 1.807) is 0 Å².